The zero-order valence-electron chi connectivity index (χ0n) is 68.9. The maximum absolute atomic E-state index is 15.6. The van der Waals surface area contributed by atoms with Crippen molar-refractivity contribution >= 4 is 88.5 Å². The summed E-state index contributed by atoms with van der Waals surface area (Å²) in [5, 5.41) is 44.1. The standard InChI is InChI=1S/C76H125N13O19/c1-29-43(11)55-66(98)84(24)58(42(9)10)69(101)85(25)57(41(7)8)67(99)80(20)37-51(91)82(22)61(75(18,19)105)71(103)87(27)60(45(13)46(14)107-53(93)36-74(16,17)104)70(102)88(28)72(108-47(15)90)63(95)78-54(39(3)4)65(97)86(26)59(44(12)30-2)68(100)81(21)38-52(92)89-50(64(96)83(23)56(40(5)6)62(94)79-55)35-76(106)48-33-31-32-34-49(48)77-73(76)89/h31-34,39-46,50,54-61,72-73,77,104-106H,29-30,35-38H2,1-28H3,(H,78,95)(H,79,94)/t43-,44+,45-,46-,50-,54-,55-,56+,57-,58-,59-,60-,61-,72+,73?,76+/m0/s1. The third-order valence-electron chi connectivity index (χ3n) is 21.5. The molecule has 3 aliphatic heterocycles. The first-order chi connectivity index (χ1) is 49.6. The second-order valence-corrected chi connectivity index (χ2v) is 32.6. The van der Waals surface area contributed by atoms with Crippen molar-refractivity contribution in [3.8, 4) is 0 Å². The van der Waals surface area contributed by atoms with Crippen LogP contribution in [0.3, 0.4) is 0 Å². The molecule has 0 spiro atoms. The van der Waals surface area contributed by atoms with Crippen molar-refractivity contribution in [3.05, 3.63) is 29.8 Å². The Hall–Kier alpha value is -8.52. The molecule has 1 aromatic carbocycles. The van der Waals surface area contributed by atoms with Crippen LogP contribution in [0.1, 0.15) is 163 Å². The number of likely N-dealkylation sites (N-methyl/N-ethyl adjacent to an activating group) is 9. The van der Waals surface area contributed by atoms with Crippen LogP contribution < -0.4 is 16.0 Å². The van der Waals surface area contributed by atoms with Gasteiger partial charge in [0.15, 0.2) is 0 Å². The zero-order valence-corrected chi connectivity index (χ0v) is 68.9. The van der Waals surface area contributed by atoms with Crippen molar-refractivity contribution in [1.29, 1.82) is 0 Å². The van der Waals surface area contributed by atoms with Gasteiger partial charge in [0.1, 0.15) is 72.2 Å². The molecule has 4 rings (SSSR count). The summed E-state index contributed by atoms with van der Waals surface area (Å²) in [5.41, 5.74) is -4.82. The molecule has 2 fully saturated rings. The molecule has 2 saturated heterocycles. The summed E-state index contributed by atoms with van der Waals surface area (Å²) >= 11 is 0. The number of hydrogen-bond acceptors (Lipinski definition) is 20. The van der Waals surface area contributed by atoms with Crippen LogP contribution in [0.2, 0.25) is 0 Å². The van der Waals surface area contributed by atoms with E-state index in [4.69, 9.17) is 9.47 Å². The summed E-state index contributed by atoms with van der Waals surface area (Å²) < 4.78 is 11.3. The van der Waals surface area contributed by atoms with Gasteiger partial charge in [-0.05, 0) is 76.2 Å². The van der Waals surface area contributed by atoms with E-state index in [1.165, 1.54) is 101 Å². The van der Waals surface area contributed by atoms with Gasteiger partial charge >= 0.3 is 11.9 Å². The van der Waals surface area contributed by atoms with Crippen molar-refractivity contribution < 1.29 is 91.9 Å². The van der Waals surface area contributed by atoms with E-state index in [2.05, 4.69) is 16.0 Å². The normalized spacial score (nSPS) is 27.7. The SMILES string of the molecule is CC[C@@H](C)[C@H]1C(=O)N(C)CC(=O)N2C3Nc4ccccc4[C@]3(O)C[C@H]2C(=O)N(C)[C@H](C(C)C)C(=O)N[C@@H]([C@@H](C)CC)C(=O)N(C)[C@@H](C(C)C)C(=O)N(C)[C@@H](C(C)C)C(=O)N(C)CC(=O)N(C)[C@H](C(C)(C)O)C(=O)N(C)[C@@H]([C@@H](C)[C@H](C)OC(=O)CC(C)(C)O)C(=O)N(C)[C@H](OC(C)=O)C(=O)N[C@@H](C(C)C)C(=O)N1C. The number of carbonyl (C=O) groups is 14. The molecule has 0 bridgehead atoms. The Balaban J connectivity index is 2.04. The van der Waals surface area contributed by atoms with Gasteiger partial charge < -0.3 is 89.7 Å². The molecule has 32 heteroatoms. The smallest absolute Gasteiger partial charge is 0.308 e. The quantitative estimate of drug-likeness (QED) is 0.136. The number of rotatable bonds is 15. The fraction of sp³-hybridized carbons (Fsp3) is 0.737. The zero-order chi connectivity index (χ0) is 83.1. The number of ether oxygens (including phenoxy) is 2. The summed E-state index contributed by atoms with van der Waals surface area (Å²) in [6, 6.07) is -6.71. The van der Waals surface area contributed by atoms with Gasteiger partial charge in [-0.25, -0.2) is 0 Å². The minimum absolute atomic E-state index is 0.277. The number of hydrogen-bond donors (Lipinski definition) is 6. The van der Waals surface area contributed by atoms with Crippen LogP contribution >= 0.6 is 0 Å². The molecule has 3 aliphatic rings. The Bertz CT molecular complexity index is 3480. The lowest BCUT2D eigenvalue weighted by Crippen LogP contribution is -2.65. The molecular formula is C76H125N13O19. The number of nitrogens with one attached hydrogen (secondary N) is 3. The number of aliphatic hydroxyl groups is 3. The van der Waals surface area contributed by atoms with E-state index in [9.17, 15) is 34.5 Å². The molecule has 0 radical (unpaired) electrons. The van der Waals surface area contributed by atoms with Gasteiger partial charge in [0.05, 0.1) is 30.7 Å². The van der Waals surface area contributed by atoms with Crippen molar-refractivity contribution in [2.75, 3.05) is 81.8 Å². The van der Waals surface area contributed by atoms with Gasteiger partial charge in [0.2, 0.25) is 65.0 Å². The average molecular weight is 1520 g/mol. The molecule has 0 aromatic heterocycles. The topological polar surface area (TPSA) is 387 Å². The van der Waals surface area contributed by atoms with Gasteiger partial charge in [-0.2, -0.15) is 0 Å². The molecule has 608 valence electrons. The predicted octanol–water partition coefficient (Wildman–Crippen LogP) is 1.65. The van der Waals surface area contributed by atoms with Crippen molar-refractivity contribution in [3.63, 3.8) is 0 Å². The summed E-state index contributed by atoms with van der Waals surface area (Å²) in [4.78, 5) is 219. The number of esters is 2. The van der Waals surface area contributed by atoms with E-state index in [0.717, 1.165) is 55.3 Å². The van der Waals surface area contributed by atoms with E-state index in [-0.39, 0.29) is 12.8 Å². The Morgan fingerprint density at radius 3 is 1.45 bits per heavy atom. The molecule has 32 nitrogen and oxygen atoms in total. The fourth-order valence-electron chi connectivity index (χ4n) is 15.0. The van der Waals surface area contributed by atoms with Crippen LogP contribution in [0.5, 0.6) is 0 Å². The van der Waals surface area contributed by atoms with Crippen LogP contribution in [0.25, 0.3) is 0 Å². The summed E-state index contributed by atoms with van der Waals surface area (Å²) in [7, 11) is 11.4. The lowest BCUT2D eigenvalue weighted by Gasteiger charge is -2.43. The molecule has 6 N–H and O–H groups in total. The van der Waals surface area contributed by atoms with Gasteiger partial charge in [0, 0.05) is 93.9 Å². The number of para-hydroxylation sites is 1. The number of benzene rings is 1. The summed E-state index contributed by atoms with van der Waals surface area (Å²) in [6.45, 7) is 27.6. The van der Waals surface area contributed by atoms with E-state index in [1.54, 1.807) is 107 Å². The molecule has 1 unspecified atom stereocenters. The highest BCUT2D eigenvalue weighted by Crippen LogP contribution is 2.50. The first-order valence-corrected chi connectivity index (χ1v) is 37.3. The maximum atomic E-state index is 15.6. The average Bonchev–Trinajstić information content (AvgIpc) is 1.55. The minimum Gasteiger partial charge on any atom is -0.462 e. The monoisotopic (exact) mass is 1520 g/mol. The second kappa shape index (κ2) is 36.8. The van der Waals surface area contributed by atoms with Gasteiger partial charge in [-0.15, -0.1) is 0 Å². The molecule has 12 amide bonds. The van der Waals surface area contributed by atoms with Crippen molar-refractivity contribution in [2.45, 2.75) is 247 Å². The first-order valence-electron chi connectivity index (χ1n) is 37.3. The van der Waals surface area contributed by atoms with Crippen LogP contribution in [0.15, 0.2) is 24.3 Å². The lowest BCUT2D eigenvalue weighted by atomic mass is 9.90. The Labute approximate surface area is 637 Å². The third-order valence-corrected chi connectivity index (χ3v) is 21.5. The highest BCUT2D eigenvalue weighted by molar-refractivity contribution is 6.01. The lowest BCUT2D eigenvalue weighted by molar-refractivity contribution is -0.176. The number of carbonyl (C=O) groups excluding carboxylic acids is 14. The molecule has 1 aromatic rings. The van der Waals surface area contributed by atoms with Crippen molar-refractivity contribution in [1.82, 2.24) is 59.6 Å². The van der Waals surface area contributed by atoms with Crippen LogP contribution in [-0.4, -0.2) is 308 Å². The Kier molecular flexibility index (Phi) is 31.3. The number of amides is 12. The Morgan fingerprint density at radius 1 is 0.519 bits per heavy atom. The third kappa shape index (κ3) is 20.5. The maximum Gasteiger partial charge on any atom is 0.308 e. The first kappa shape index (κ1) is 91.9. The summed E-state index contributed by atoms with van der Waals surface area (Å²) in [6.07, 6.45) is -5.15. The minimum atomic E-state index is -2.25. The van der Waals surface area contributed by atoms with Gasteiger partial charge in [0.25, 0.3) is 12.1 Å². The second-order valence-electron chi connectivity index (χ2n) is 32.6. The molecule has 0 aliphatic carbocycles. The summed E-state index contributed by atoms with van der Waals surface area (Å²) in [5.74, 6) is -17.9. The number of anilines is 1. The predicted molar refractivity (Wildman–Crippen MR) is 400 cm³/mol. The Morgan fingerprint density at radius 2 is 0.963 bits per heavy atom. The molecule has 16 atom stereocenters. The largest absolute Gasteiger partial charge is 0.462 e. The van der Waals surface area contributed by atoms with E-state index in [1.807, 2.05) is 0 Å². The van der Waals surface area contributed by atoms with Gasteiger partial charge in [-0.1, -0.05) is 121 Å². The van der Waals surface area contributed by atoms with E-state index in [0.29, 0.717) is 22.6 Å². The molecule has 108 heavy (non-hydrogen) atoms. The highest BCUT2D eigenvalue weighted by Gasteiger charge is 2.61. The van der Waals surface area contributed by atoms with Gasteiger partial charge in [-0.3, -0.25) is 67.1 Å². The van der Waals surface area contributed by atoms with E-state index < -0.39 is 233 Å². The molecular weight excluding hydrogens is 1400 g/mol. The van der Waals surface area contributed by atoms with Crippen LogP contribution in [0.4, 0.5) is 5.69 Å². The number of fused-ring (bicyclic) bond motifs is 5. The molecule has 0 saturated carbocycles. The van der Waals surface area contributed by atoms with E-state index >= 15 is 47.9 Å². The van der Waals surface area contributed by atoms with Crippen LogP contribution in [-0.2, 0) is 82.2 Å². The fourth-order valence-corrected chi connectivity index (χ4v) is 15.0. The molecule has 3 heterocycles. The highest BCUT2D eigenvalue weighted by atomic mass is 16.6. The van der Waals surface area contributed by atoms with Crippen LogP contribution in [0, 0.1) is 41.4 Å². The number of nitrogens with zero attached hydrogens (tertiary/aromatic N) is 10. The van der Waals surface area contributed by atoms with Crippen molar-refractivity contribution in [2.24, 2.45) is 41.4 Å².